The highest BCUT2D eigenvalue weighted by Gasteiger charge is 2.46. The second-order valence-electron chi connectivity index (χ2n) is 3.37. The van der Waals surface area contributed by atoms with Crippen molar-refractivity contribution >= 4 is 39.2 Å². The largest absolute Gasteiger partial charge is 0.346 e. The maximum atomic E-state index is 5.89. The molecule has 0 saturated heterocycles. The predicted octanol–water partition coefficient (Wildman–Crippen LogP) is 4.08. The minimum atomic E-state index is -2.53. The van der Waals surface area contributed by atoms with E-state index in [-0.39, 0.29) is 5.04 Å². The first kappa shape index (κ1) is 11.1. The van der Waals surface area contributed by atoms with E-state index in [1.54, 1.807) is 0 Å². The molecule has 0 aromatic carbocycles. The van der Waals surface area contributed by atoms with Crippen LogP contribution in [0.3, 0.4) is 0 Å². The minimum Gasteiger partial charge on any atom is -0.125 e. The second kappa shape index (κ2) is 3.22. The number of hydrogen-bond donors (Lipinski definition) is 0. The van der Waals surface area contributed by atoms with Crippen molar-refractivity contribution in [1.29, 1.82) is 0 Å². The van der Waals surface area contributed by atoms with Gasteiger partial charge in [0.05, 0.1) is 0 Å². The average Bonchev–Trinajstić information content (AvgIpc) is 1.62. The van der Waals surface area contributed by atoms with Crippen LogP contribution in [0, 0.1) is 5.92 Å². The standard InChI is InChI=1S/C6H13Cl3Si/c1-5(2)6(3,4)10(7,8)9/h5H,1-4H3. The molecule has 62 valence electrons. The van der Waals surface area contributed by atoms with Gasteiger partial charge in [-0.2, -0.15) is 0 Å². The quantitative estimate of drug-likeness (QED) is 0.485. The maximum Gasteiger partial charge on any atom is 0.346 e. The summed E-state index contributed by atoms with van der Waals surface area (Å²) >= 11 is 17.7. The maximum absolute atomic E-state index is 5.89. The Morgan fingerprint density at radius 1 is 1.10 bits per heavy atom. The summed E-state index contributed by atoms with van der Waals surface area (Å²) < 4.78 is 0. The van der Waals surface area contributed by atoms with E-state index >= 15 is 0 Å². The molecular formula is C6H13Cl3Si. The molecule has 0 fully saturated rings. The SMILES string of the molecule is CC(C)C(C)(C)[Si](Cl)(Cl)Cl. The summed E-state index contributed by atoms with van der Waals surface area (Å²) in [4.78, 5) is 0. The highest BCUT2D eigenvalue weighted by Crippen LogP contribution is 2.50. The molecule has 0 radical (unpaired) electrons. The first-order valence-corrected chi connectivity index (χ1v) is 8.30. The number of hydrogen-bond acceptors (Lipinski definition) is 0. The van der Waals surface area contributed by atoms with Gasteiger partial charge >= 0.3 is 6.00 Å². The lowest BCUT2D eigenvalue weighted by molar-refractivity contribution is 0.473. The van der Waals surface area contributed by atoms with E-state index in [0.29, 0.717) is 5.92 Å². The van der Waals surface area contributed by atoms with Gasteiger partial charge in [0.1, 0.15) is 0 Å². The zero-order chi connectivity index (χ0) is 8.58. The Hall–Kier alpha value is 1.09. The van der Waals surface area contributed by atoms with Crippen LogP contribution in [-0.4, -0.2) is 6.00 Å². The number of rotatable bonds is 2. The van der Waals surface area contributed by atoms with Crippen LogP contribution >= 0.6 is 33.2 Å². The van der Waals surface area contributed by atoms with Gasteiger partial charge in [-0.3, -0.25) is 0 Å². The fourth-order valence-corrected chi connectivity index (χ4v) is 2.95. The first-order valence-electron chi connectivity index (χ1n) is 3.26. The molecule has 0 aliphatic rings. The van der Waals surface area contributed by atoms with Crippen molar-refractivity contribution in [2.45, 2.75) is 32.7 Å². The van der Waals surface area contributed by atoms with E-state index in [0.717, 1.165) is 0 Å². The van der Waals surface area contributed by atoms with Gasteiger partial charge in [-0.25, -0.2) is 0 Å². The van der Waals surface area contributed by atoms with E-state index in [2.05, 4.69) is 13.8 Å². The Balaban J connectivity index is 4.40. The molecule has 0 bridgehead atoms. The van der Waals surface area contributed by atoms with Crippen molar-refractivity contribution in [3.8, 4) is 0 Å². The summed E-state index contributed by atoms with van der Waals surface area (Å²) in [5.41, 5.74) is 0. The molecule has 0 aliphatic heterocycles. The molecule has 0 aromatic heterocycles. The molecule has 0 atom stereocenters. The summed E-state index contributed by atoms with van der Waals surface area (Å²) in [5.74, 6) is 0.423. The molecule has 0 saturated carbocycles. The summed E-state index contributed by atoms with van der Waals surface area (Å²) in [7, 11) is 0. The van der Waals surface area contributed by atoms with Gasteiger partial charge < -0.3 is 0 Å². The molecule has 0 unspecified atom stereocenters. The third-order valence-electron chi connectivity index (χ3n) is 2.17. The van der Waals surface area contributed by atoms with Crippen molar-refractivity contribution in [3.63, 3.8) is 0 Å². The van der Waals surface area contributed by atoms with Crippen LogP contribution in [0.15, 0.2) is 0 Å². The van der Waals surface area contributed by atoms with Crippen molar-refractivity contribution in [2.24, 2.45) is 5.92 Å². The van der Waals surface area contributed by atoms with Crippen molar-refractivity contribution in [2.75, 3.05) is 0 Å². The van der Waals surface area contributed by atoms with Crippen LogP contribution in [0.5, 0.6) is 0 Å². The van der Waals surface area contributed by atoms with Crippen LogP contribution < -0.4 is 0 Å². The number of halogens is 3. The molecule has 4 heteroatoms. The van der Waals surface area contributed by atoms with E-state index in [1.165, 1.54) is 0 Å². The minimum absolute atomic E-state index is 0.127. The lowest BCUT2D eigenvalue weighted by Crippen LogP contribution is -2.32. The highest BCUT2D eigenvalue weighted by atomic mass is 35.8. The molecule has 0 amide bonds. The molecule has 0 spiro atoms. The van der Waals surface area contributed by atoms with E-state index in [9.17, 15) is 0 Å². The van der Waals surface area contributed by atoms with Crippen LogP contribution in [0.1, 0.15) is 27.7 Å². The molecule has 0 aliphatic carbocycles. The summed E-state index contributed by atoms with van der Waals surface area (Å²) in [5, 5.41) is -0.127. The van der Waals surface area contributed by atoms with Gasteiger partial charge in [0, 0.05) is 5.04 Å². The van der Waals surface area contributed by atoms with Gasteiger partial charge in [-0.15, -0.1) is 33.2 Å². The summed E-state index contributed by atoms with van der Waals surface area (Å²) in [6, 6.07) is -2.53. The molecule has 0 nitrogen and oxygen atoms in total. The van der Waals surface area contributed by atoms with Crippen molar-refractivity contribution < 1.29 is 0 Å². The van der Waals surface area contributed by atoms with E-state index < -0.39 is 6.00 Å². The average molecular weight is 220 g/mol. The Labute approximate surface area is 78.0 Å². The topological polar surface area (TPSA) is 0 Å². The van der Waals surface area contributed by atoms with Crippen LogP contribution in [0.25, 0.3) is 0 Å². The molecule has 0 rings (SSSR count). The molecular weight excluding hydrogens is 207 g/mol. The van der Waals surface area contributed by atoms with E-state index in [1.807, 2.05) is 13.8 Å². The fourth-order valence-electron chi connectivity index (χ4n) is 0.327. The van der Waals surface area contributed by atoms with Gasteiger partial charge in [0.15, 0.2) is 0 Å². The van der Waals surface area contributed by atoms with Gasteiger partial charge in [-0.05, 0) is 5.92 Å². The van der Waals surface area contributed by atoms with Crippen molar-refractivity contribution in [1.82, 2.24) is 0 Å². The Bertz CT molecular complexity index is 115. The molecule has 10 heavy (non-hydrogen) atoms. The fraction of sp³-hybridized carbons (Fsp3) is 1.00. The first-order chi connectivity index (χ1) is 4.19. The smallest absolute Gasteiger partial charge is 0.125 e. The lowest BCUT2D eigenvalue weighted by Gasteiger charge is -2.33. The third-order valence-corrected chi connectivity index (χ3v) is 8.60. The van der Waals surface area contributed by atoms with Gasteiger partial charge in [0.25, 0.3) is 0 Å². The van der Waals surface area contributed by atoms with Crippen molar-refractivity contribution in [3.05, 3.63) is 0 Å². The Morgan fingerprint density at radius 3 is 1.40 bits per heavy atom. The zero-order valence-electron chi connectivity index (χ0n) is 6.71. The molecule has 0 N–H and O–H groups in total. The zero-order valence-corrected chi connectivity index (χ0v) is 9.98. The monoisotopic (exact) mass is 218 g/mol. The summed E-state index contributed by atoms with van der Waals surface area (Å²) in [6.07, 6.45) is 0. The summed E-state index contributed by atoms with van der Waals surface area (Å²) in [6.45, 7) is 8.18. The Morgan fingerprint density at radius 2 is 1.40 bits per heavy atom. The van der Waals surface area contributed by atoms with Crippen LogP contribution in [0.2, 0.25) is 5.04 Å². The lowest BCUT2D eigenvalue weighted by atomic mass is 9.99. The van der Waals surface area contributed by atoms with E-state index in [4.69, 9.17) is 33.2 Å². The predicted molar refractivity (Wildman–Crippen MR) is 52.2 cm³/mol. The Kier molecular flexibility index (Phi) is 3.57. The normalized spacial score (nSPS) is 14.4. The van der Waals surface area contributed by atoms with Gasteiger partial charge in [0.2, 0.25) is 0 Å². The molecule has 0 heterocycles. The molecule has 0 aromatic rings. The van der Waals surface area contributed by atoms with Gasteiger partial charge in [-0.1, -0.05) is 27.7 Å². The van der Waals surface area contributed by atoms with Crippen LogP contribution in [-0.2, 0) is 0 Å². The van der Waals surface area contributed by atoms with Crippen LogP contribution in [0.4, 0.5) is 0 Å². The highest BCUT2D eigenvalue weighted by molar-refractivity contribution is 7.65. The second-order valence-corrected chi connectivity index (χ2v) is 12.5. The third kappa shape index (κ3) is 2.30.